The van der Waals surface area contributed by atoms with Crippen LogP contribution in [0.4, 0.5) is 0 Å². The van der Waals surface area contributed by atoms with Crippen LogP contribution in [0.1, 0.15) is 41.0 Å². The van der Waals surface area contributed by atoms with E-state index < -0.39 is 0 Å². The number of ether oxygens (including phenoxy) is 2. The van der Waals surface area contributed by atoms with E-state index >= 15 is 0 Å². The predicted molar refractivity (Wildman–Crippen MR) is 66.7 cm³/mol. The van der Waals surface area contributed by atoms with E-state index in [1.807, 2.05) is 0 Å². The van der Waals surface area contributed by atoms with E-state index in [-0.39, 0.29) is 11.5 Å². The van der Waals surface area contributed by atoms with Crippen molar-refractivity contribution in [2.45, 2.75) is 65.3 Å². The minimum absolute atomic E-state index is 0.234. The number of hydrogen-bond donors (Lipinski definition) is 1. The third kappa shape index (κ3) is 2.76. The molecular weight excluding hydrogens is 202 g/mol. The van der Waals surface area contributed by atoms with Crippen LogP contribution < -0.4 is 5.32 Å². The summed E-state index contributed by atoms with van der Waals surface area (Å²) in [5.74, 6) is 0. The average Bonchev–Trinajstić information content (AvgIpc) is 2.26. The molecule has 4 atom stereocenters. The van der Waals surface area contributed by atoms with Crippen molar-refractivity contribution in [3.63, 3.8) is 0 Å². The van der Waals surface area contributed by atoms with Crippen molar-refractivity contribution >= 4 is 0 Å². The van der Waals surface area contributed by atoms with Gasteiger partial charge in [0.1, 0.15) is 0 Å². The van der Waals surface area contributed by atoms with Crippen LogP contribution in [0.5, 0.6) is 0 Å². The Morgan fingerprint density at radius 2 is 2.00 bits per heavy atom. The van der Waals surface area contributed by atoms with Crippen molar-refractivity contribution in [3.8, 4) is 0 Å². The molecule has 0 aliphatic heterocycles. The van der Waals surface area contributed by atoms with Crippen molar-refractivity contribution in [2.75, 3.05) is 13.7 Å². The maximum Gasteiger partial charge on any atom is 0.0693 e. The summed E-state index contributed by atoms with van der Waals surface area (Å²) in [4.78, 5) is 0. The molecule has 96 valence electrons. The molecule has 0 heterocycles. The lowest BCUT2D eigenvalue weighted by molar-refractivity contribution is -0.119. The van der Waals surface area contributed by atoms with Gasteiger partial charge in [0, 0.05) is 31.2 Å². The van der Waals surface area contributed by atoms with Crippen molar-refractivity contribution in [3.05, 3.63) is 0 Å². The van der Waals surface area contributed by atoms with Gasteiger partial charge >= 0.3 is 0 Å². The van der Waals surface area contributed by atoms with Crippen LogP contribution in [0.3, 0.4) is 0 Å². The second kappa shape index (κ2) is 5.48. The molecule has 16 heavy (non-hydrogen) atoms. The maximum atomic E-state index is 5.72. The van der Waals surface area contributed by atoms with Gasteiger partial charge in [-0.25, -0.2) is 0 Å². The Hall–Kier alpha value is -0.120. The maximum absolute atomic E-state index is 5.72. The van der Waals surface area contributed by atoms with Gasteiger partial charge in [-0.3, -0.25) is 0 Å². The van der Waals surface area contributed by atoms with Gasteiger partial charge in [-0.1, -0.05) is 13.8 Å². The number of rotatable bonds is 6. The Bertz CT molecular complexity index is 218. The quantitative estimate of drug-likeness (QED) is 0.757. The molecule has 0 aromatic rings. The summed E-state index contributed by atoms with van der Waals surface area (Å²) in [5, 5.41) is 3.64. The van der Waals surface area contributed by atoms with E-state index in [9.17, 15) is 0 Å². The monoisotopic (exact) mass is 229 g/mol. The predicted octanol–water partition coefficient (Wildman–Crippen LogP) is 2.20. The molecule has 0 saturated heterocycles. The molecule has 0 aromatic carbocycles. The summed E-state index contributed by atoms with van der Waals surface area (Å²) in [6, 6.07) is 0.925. The van der Waals surface area contributed by atoms with Crippen molar-refractivity contribution in [2.24, 2.45) is 5.41 Å². The second-order valence-corrected chi connectivity index (χ2v) is 5.45. The van der Waals surface area contributed by atoms with Gasteiger partial charge in [-0.15, -0.1) is 0 Å². The first-order valence-electron chi connectivity index (χ1n) is 6.33. The molecule has 1 fully saturated rings. The molecule has 1 aliphatic carbocycles. The second-order valence-electron chi connectivity index (χ2n) is 5.45. The fourth-order valence-electron chi connectivity index (χ4n) is 2.31. The van der Waals surface area contributed by atoms with Crippen LogP contribution >= 0.6 is 0 Å². The normalized spacial score (nSPS) is 31.9. The first-order chi connectivity index (χ1) is 7.43. The third-order valence-electron chi connectivity index (χ3n) is 4.09. The van der Waals surface area contributed by atoms with E-state index in [0.29, 0.717) is 18.2 Å². The average molecular weight is 229 g/mol. The van der Waals surface area contributed by atoms with Gasteiger partial charge in [0.2, 0.25) is 0 Å². The smallest absolute Gasteiger partial charge is 0.0693 e. The molecule has 0 amide bonds. The minimum atomic E-state index is 0.234. The highest BCUT2D eigenvalue weighted by Gasteiger charge is 2.49. The van der Waals surface area contributed by atoms with Crippen LogP contribution in [0, 0.1) is 5.41 Å². The Morgan fingerprint density at radius 1 is 1.38 bits per heavy atom. The molecule has 4 unspecified atom stereocenters. The molecular formula is C13H27NO2. The molecule has 0 bridgehead atoms. The Morgan fingerprint density at radius 3 is 2.44 bits per heavy atom. The molecule has 1 aliphatic rings. The Balaban J connectivity index is 2.41. The highest BCUT2D eigenvalue weighted by Crippen LogP contribution is 2.43. The van der Waals surface area contributed by atoms with E-state index in [0.717, 1.165) is 13.0 Å². The van der Waals surface area contributed by atoms with Gasteiger partial charge in [-0.05, 0) is 27.2 Å². The number of nitrogens with one attached hydrogen (secondary N) is 1. The molecule has 1 rings (SSSR count). The topological polar surface area (TPSA) is 30.5 Å². The Labute approximate surface area is 99.9 Å². The summed E-state index contributed by atoms with van der Waals surface area (Å²) in [6.45, 7) is 11.7. The zero-order valence-electron chi connectivity index (χ0n) is 11.5. The highest BCUT2D eigenvalue weighted by molar-refractivity contribution is 5.03. The van der Waals surface area contributed by atoms with Gasteiger partial charge < -0.3 is 14.8 Å². The van der Waals surface area contributed by atoms with E-state index in [2.05, 4.69) is 39.9 Å². The number of methoxy groups -OCH3 is 1. The van der Waals surface area contributed by atoms with E-state index in [4.69, 9.17) is 9.47 Å². The number of hydrogen-bond acceptors (Lipinski definition) is 3. The van der Waals surface area contributed by atoms with Crippen LogP contribution in [0.25, 0.3) is 0 Å². The van der Waals surface area contributed by atoms with Crippen molar-refractivity contribution in [1.29, 1.82) is 0 Å². The highest BCUT2D eigenvalue weighted by atomic mass is 16.5. The van der Waals surface area contributed by atoms with Gasteiger partial charge in [0.15, 0.2) is 0 Å². The molecule has 0 radical (unpaired) electrons. The molecule has 0 aromatic heterocycles. The fraction of sp³-hybridized carbons (Fsp3) is 1.00. The molecule has 3 heteroatoms. The van der Waals surface area contributed by atoms with Gasteiger partial charge in [0.25, 0.3) is 0 Å². The van der Waals surface area contributed by atoms with Crippen molar-refractivity contribution in [1.82, 2.24) is 5.32 Å². The van der Waals surface area contributed by atoms with Crippen LogP contribution in [-0.2, 0) is 9.47 Å². The zero-order valence-corrected chi connectivity index (χ0v) is 11.5. The standard InChI is InChI=1S/C13H27NO2/c1-7-16-12-8-11(13(12,4)5)14-9(2)10(3)15-6/h9-12,14H,7-8H2,1-6H3. The summed E-state index contributed by atoms with van der Waals surface area (Å²) in [6.07, 6.45) is 1.77. The molecule has 0 spiro atoms. The summed E-state index contributed by atoms with van der Waals surface area (Å²) >= 11 is 0. The third-order valence-corrected chi connectivity index (χ3v) is 4.09. The van der Waals surface area contributed by atoms with Crippen LogP contribution in [-0.4, -0.2) is 38.0 Å². The van der Waals surface area contributed by atoms with E-state index in [1.54, 1.807) is 7.11 Å². The SMILES string of the molecule is CCOC1CC(NC(C)C(C)OC)C1(C)C. The van der Waals surface area contributed by atoms with Crippen LogP contribution in [0.2, 0.25) is 0 Å². The lowest BCUT2D eigenvalue weighted by atomic mass is 9.64. The van der Waals surface area contributed by atoms with Gasteiger partial charge in [0.05, 0.1) is 12.2 Å². The minimum Gasteiger partial charge on any atom is -0.380 e. The summed E-state index contributed by atoms with van der Waals surface area (Å²) in [7, 11) is 1.76. The first kappa shape index (κ1) is 13.9. The molecule has 1 N–H and O–H groups in total. The molecule has 1 saturated carbocycles. The molecule has 3 nitrogen and oxygen atoms in total. The summed E-state index contributed by atoms with van der Waals surface area (Å²) in [5.41, 5.74) is 0.234. The first-order valence-corrected chi connectivity index (χ1v) is 6.33. The van der Waals surface area contributed by atoms with Crippen molar-refractivity contribution < 1.29 is 9.47 Å². The van der Waals surface area contributed by atoms with Crippen LogP contribution in [0.15, 0.2) is 0 Å². The van der Waals surface area contributed by atoms with Gasteiger partial charge in [-0.2, -0.15) is 0 Å². The summed E-state index contributed by atoms with van der Waals surface area (Å²) < 4.78 is 11.1. The Kier molecular flexibility index (Phi) is 4.77. The lowest BCUT2D eigenvalue weighted by Gasteiger charge is -2.53. The van der Waals surface area contributed by atoms with E-state index in [1.165, 1.54) is 0 Å². The largest absolute Gasteiger partial charge is 0.380 e. The fourth-order valence-corrected chi connectivity index (χ4v) is 2.31. The zero-order chi connectivity index (χ0) is 12.3. The lowest BCUT2D eigenvalue weighted by Crippen LogP contribution is -2.63.